The van der Waals surface area contributed by atoms with E-state index in [9.17, 15) is 13.6 Å². The second-order valence-electron chi connectivity index (χ2n) is 7.48. The summed E-state index contributed by atoms with van der Waals surface area (Å²) in [5, 5.41) is 4.18. The summed E-state index contributed by atoms with van der Waals surface area (Å²) < 4.78 is 33.8. The first kappa shape index (κ1) is 17.3. The summed E-state index contributed by atoms with van der Waals surface area (Å²) in [5.74, 6) is 0.924. The summed E-state index contributed by atoms with van der Waals surface area (Å²) in [6.07, 6.45) is 1.97. The molecule has 0 spiro atoms. The summed E-state index contributed by atoms with van der Waals surface area (Å²) >= 11 is 0. The number of hydrogen-bond acceptors (Lipinski definition) is 5. The first-order chi connectivity index (χ1) is 13.5. The predicted molar refractivity (Wildman–Crippen MR) is 94.1 cm³/mol. The Balaban J connectivity index is 1.55. The maximum absolute atomic E-state index is 13.4. The summed E-state index contributed by atoms with van der Waals surface area (Å²) in [6, 6.07) is 4.94. The van der Waals surface area contributed by atoms with Crippen LogP contribution in [0.5, 0.6) is 0 Å². The average Bonchev–Trinajstić information content (AvgIpc) is 3.39. The predicted octanol–water partition coefficient (Wildman–Crippen LogP) is 3.51. The lowest BCUT2D eigenvalue weighted by molar-refractivity contribution is 0.0520. The fourth-order valence-electron chi connectivity index (χ4n) is 4.72. The van der Waals surface area contributed by atoms with Crippen molar-refractivity contribution in [3.05, 3.63) is 47.4 Å². The van der Waals surface area contributed by atoms with Gasteiger partial charge in [0.2, 0.25) is 0 Å². The van der Waals surface area contributed by atoms with Crippen molar-refractivity contribution < 1.29 is 18.0 Å². The van der Waals surface area contributed by atoms with Crippen molar-refractivity contribution in [1.29, 1.82) is 0 Å². The largest absolute Gasteiger partial charge is 0.456 e. The number of halogens is 2. The zero-order chi connectivity index (χ0) is 19.4. The number of aryl methyl sites for hydroxylation is 1. The van der Waals surface area contributed by atoms with Gasteiger partial charge in [-0.25, -0.2) is 18.3 Å². The average molecular weight is 387 g/mol. The minimum atomic E-state index is -2.69. The highest BCUT2D eigenvalue weighted by molar-refractivity contribution is 5.92. The van der Waals surface area contributed by atoms with Crippen LogP contribution in [0.4, 0.5) is 8.78 Å². The van der Waals surface area contributed by atoms with Crippen LogP contribution in [0.1, 0.15) is 65.7 Å². The number of furan rings is 1. The Labute approximate surface area is 159 Å². The lowest BCUT2D eigenvalue weighted by Gasteiger charge is -2.39. The van der Waals surface area contributed by atoms with Crippen LogP contribution in [0, 0.1) is 6.92 Å². The summed E-state index contributed by atoms with van der Waals surface area (Å²) in [4.78, 5) is 22.9. The molecule has 0 radical (unpaired) electrons. The molecule has 5 rings (SSSR count). The number of carbonyl (C=O) groups excluding carboxylic acids is 1. The molecule has 0 N–H and O–H groups in total. The molecule has 0 unspecified atom stereocenters. The van der Waals surface area contributed by atoms with Crippen LogP contribution >= 0.6 is 0 Å². The minimum absolute atomic E-state index is 0.0861. The fourth-order valence-corrected chi connectivity index (χ4v) is 4.72. The molecular formula is C19H19F2N5O2. The highest BCUT2D eigenvalue weighted by atomic mass is 19.3. The number of piperidine rings is 1. The Morgan fingerprint density at radius 1 is 1.25 bits per heavy atom. The summed E-state index contributed by atoms with van der Waals surface area (Å²) in [5.41, 5.74) is 0.326. The maximum Gasteiger partial charge on any atom is 0.290 e. The van der Waals surface area contributed by atoms with Gasteiger partial charge in [-0.2, -0.15) is 10.1 Å². The highest BCUT2D eigenvalue weighted by Crippen LogP contribution is 2.45. The number of carbonyl (C=O) groups is 1. The molecule has 0 saturated carbocycles. The van der Waals surface area contributed by atoms with Crippen molar-refractivity contribution in [3.63, 3.8) is 0 Å². The van der Waals surface area contributed by atoms with Crippen LogP contribution in [0.15, 0.2) is 28.9 Å². The van der Waals surface area contributed by atoms with Crippen LogP contribution in [-0.2, 0) is 0 Å². The van der Waals surface area contributed by atoms with E-state index in [0.717, 1.165) is 25.7 Å². The van der Waals surface area contributed by atoms with E-state index < -0.39 is 6.43 Å². The second kappa shape index (κ2) is 6.35. The van der Waals surface area contributed by atoms with Gasteiger partial charge in [0.1, 0.15) is 17.8 Å². The van der Waals surface area contributed by atoms with E-state index in [0.29, 0.717) is 17.2 Å². The van der Waals surface area contributed by atoms with Gasteiger partial charge in [-0.05, 0) is 50.8 Å². The first-order valence-corrected chi connectivity index (χ1v) is 9.40. The van der Waals surface area contributed by atoms with Crippen molar-refractivity contribution >= 4 is 11.7 Å². The Hall–Kier alpha value is -2.84. The van der Waals surface area contributed by atoms with Gasteiger partial charge < -0.3 is 9.32 Å². The number of fused-ring (bicyclic) bond motifs is 3. The molecule has 9 heteroatoms. The molecule has 1 amide bonds. The number of hydrogen-bond donors (Lipinski definition) is 0. The Morgan fingerprint density at radius 2 is 2.07 bits per heavy atom. The molecule has 3 aromatic rings. The highest BCUT2D eigenvalue weighted by Gasteiger charge is 2.47. The Bertz CT molecular complexity index is 1050. The van der Waals surface area contributed by atoms with E-state index in [2.05, 4.69) is 15.1 Å². The number of nitrogens with zero attached hydrogens (tertiary/aromatic N) is 5. The normalized spacial score (nSPS) is 24.4. The fraction of sp³-hybridized carbons (Fsp3) is 0.474. The van der Waals surface area contributed by atoms with Crippen LogP contribution in [0.3, 0.4) is 0 Å². The zero-order valence-electron chi connectivity index (χ0n) is 15.3. The first-order valence-electron chi connectivity index (χ1n) is 9.40. The van der Waals surface area contributed by atoms with Crippen molar-refractivity contribution in [2.45, 2.75) is 57.0 Å². The molecule has 0 aromatic carbocycles. The number of alkyl halides is 2. The van der Waals surface area contributed by atoms with Gasteiger partial charge in [-0.1, -0.05) is 0 Å². The third-order valence-electron chi connectivity index (χ3n) is 5.91. The smallest absolute Gasteiger partial charge is 0.290 e. The van der Waals surface area contributed by atoms with E-state index in [1.807, 2.05) is 4.90 Å². The Kier molecular flexibility index (Phi) is 3.92. The second-order valence-corrected chi connectivity index (χ2v) is 7.48. The molecule has 2 bridgehead atoms. The SMILES string of the molecule is Cc1ccc(C(=O)N2[C@H]3CC[C@H](c4cc(C(F)F)nc5ncnn45)[C@@H]2CC3)o1. The molecule has 7 nitrogen and oxygen atoms in total. The van der Waals surface area contributed by atoms with Gasteiger partial charge in [0.05, 0.1) is 5.69 Å². The number of aromatic nitrogens is 4. The van der Waals surface area contributed by atoms with Crippen molar-refractivity contribution in [2.75, 3.05) is 0 Å². The monoisotopic (exact) mass is 387 g/mol. The lowest BCUT2D eigenvalue weighted by atomic mass is 9.86. The van der Waals surface area contributed by atoms with E-state index >= 15 is 0 Å². The third-order valence-corrected chi connectivity index (χ3v) is 5.91. The third kappa shape index (κ3) is 2.60. The molecule has 2 aliphatic rings. The van der Waals surface area contributed by atoms with Crippen LogP contribution in [0.25, 0.3) is 5.78 Å². The van der Waals surface area contributed by atoms with Crippen LogP contribution in [0.2, 0.25) is 0 Å². The van der Waals surface area contributed by atoms with E-state index in [-0.39, 0.29) is 35.4 Å². The molecule has 3 aromatic heterocycles. The summed E-state index contributed by atoms with van der Waals surface area (Å²) in [7, 11) is 0. The molecule has 28 heavy (non-hydrogen) atoms. The van der Waals surface area contributed by atoms with Gasteiger partial charge >= 0.3 is 0 Å². The van der Waals surface area contributed by atoms with Gasteiger partial charge in [0, 0.05) is 18.0 Å². The van der Waals surface area contributed by atoms with Gasteiger partial charge in [0.25, 0.3) is 18.1 Å². The molecule has 2 aliphatic heterocycles. The lowest BCUT2D eigenvalue weighted by Crippen LogP contribution is -2.47. The van der Waals surface area contributed by atoms with E-state index in [4.69, 9.17) is 4.42 Å². The van der Waals surface area contributed by atoms with E-state index in [1.54, 1.807) is 19.1 Å². The summed E-state index contributed by atoms with van der Waals surface area (Å²) in [6.45, 7) is 1.80. The molecule has 2 fully saturated rings. The number of rotatable bonds is 3. The van der Waals surface area contributed by atoms with Crippen molar-refractivity contribution in [3.8, 4) is 0 Å². The number of amides is 1. The molecule has 3 atom stereocenters. The molecule has 0 aliphatic carbocycles. The maximum atomic E-state index is 13.4. The quantitative estimate of drug-likeness (QED) is 0.687. The Morgan fingerprint density at radius 3 is 2.82 bits per heavy atom. The van der Waals surface area contributed by atoms with Crippen LogP contribution in [-0.4, -0.2) is 42.5 Å². The standard InChI is InChI=1S/C19H19F2N5O2/c1-10-2-7-16(28-10)18(27)25-11-3-5-12(14(25)6-4-11)15-8-13(17(20)21)24-19-22-9-23-26(15)19/h2,7-9,11-12,14,17H,3-6H2,1H3/t11-,12-,14-/m0/s1. The molecule has 146 valence electrons. The van der Waals surface area contributed by atoms with E-state index in [1.165, 1.54) is 16.9 Å². The van der Waals surface area contributed by atoms with Crippen molar-refractivity contribution in [1.82, 2.24) is 24.5 Å². The zero-order valence-corrected chi connectivity index (χ0v) is 15.3. The molecular weight excluding hydrogens is 368 g/mol. The minimum Gasteiger partial charge on any atom is -0.456 e. The van der Waals surface area contributed by atoms with Gasteiger partial charge in [0.15, 0.2) is 5.76 Å². The van der Waals surface area contributed by atoms with Crippen LogP contribution < -0.4 is 0 Å². The molecule has 2 saturated heterocycles. The van der Waals surface area contributed by atoms with Crippen molar-refractivity contribution in [2.24, 2.45) is 0 Å². The molecule has 5 heterocycles. The van der Waals surface area contributed by atoms with Gasteiger partial charge in [-0.3, -0.25) is 4.79 Å². The van der Waals surface area contributed by atoms with Gasteiger partial charge in [-0.15, -0.1) is 0 Å². The topological polar surface area (TPSA) is 76.5 Å².